The molecule has 0 unspecified atom stereocenters. The Hall–Kier alpha value is -1.79. The van der Waals surface area contributed by atoms with Gasteiger partial charge in [-0.1, -0.05) is 13.8 Å². The first-order chi connectivity index (χ1) is 13.1. The summed E-state index contributed by atoms with van der Waals surface area (Å²) in [6, 6.07) is 5.62. The first-order valence-electron chi connectivity index (χ1n) is 10.1. The van der Waals surface area contributed by atoms with E-state index in [2.05, 4.69) is 18.7 Å². The Balaban J connectivity index is 1.55. The van der Waals surface area contributed by atoms with E-state index in [-0.39, 0.29) is 12.5 Å². The van der Waals surface area contributed by atoms with Crippen LogP contribution < -0.4 is 14.4 Å². The fourth-order valence-electron chi connectivity index (χ4n) is 3.86. The topological polar surface area (TPSA) is 51.2 Å². The van der Waals surface area contributed by atoms with Crippen LogP contribution in [0.4, 0.5) is 5.69 Å². The molecule has 6 heteroatoms. The minimum absolute atomic E-state index is 0.00859. The summed E-state index contributed by atoms with van der Waals surface area (Å²) in [6.07, 6.45) is 3.69. The van der Waals surface area contributed by atoms with E-state index in [1.807, 2.05) is 23.1 Å². The van der Waals surface area contributed by atoms with Crippen LogP contribution in [0.25, 0.3) is 0 Å². The molecule has 1 aromatic carbocycles. The molecule has 150 valence electrons. The predicted molar refractivity (Wildman–Crippen MR) is 106 cm³/mol. The lowest BCUT2D eigenvalue weighted by Gasteiger charge is -2.36. The van der Waals surface area contributed by atoms with Gasteiger partial charge in [0.05, 0.1) is 18.9 Å². The largest absolute Gasteiger partial charge is 0.497 e. The standard InChI is InChI=1S/C21H32N2O4/c1-4-11-26-17-7-9-22(10-8-17)13-16(2)14-23-19-12-18(25-3)5-6-20(19)27-15-21(23)24/h5-6,12,16-17H,4,7-11,13-15H2,1-3H3/t16-/m1/s1. The van der Waals surface area contributed by atoms with Crippen LogP contribution >= 0.6 is 0 Å². The van der Waals surface area contributed by atoms with Gasteiger partial charge in [0.1, 0.15) is 11.5 Å². The van der Waals surface area contributed by atoms with Gasteiger partial charge < -0.3 is 24.0 Å². The summed E-state index contributed by atoms with van der Waals surface area (Å²) in [5.41, 5.74) is 0.809. The van der Waals surface area contributed by atoms with Crippen molar-refractivity contribution in [3.8, 4) is 11.5 Å². The number of amides is 1. The highest BCUT2D eigenvalue weighted by Crippen LogP contribution is 2.35. The molecule has 2 aliphatic rings. The van der Waals surface area contributed by atoms with Crippen molar-refractivity contribution in [2.75, 3.05) is 51.4 Å². The van der Waals surface area contributed by atoms with E-state index in [1.165, 1.54) is 0 Å². The van der Waals surface area contributed by atoms with Gasteiger partial charge in [-0.15, -0.1) is 0 Å². The molecule has 0 bridgehead atoms. The molecule has 1 saturated heterocycles. The Bertz CT molecular complexity index is 629. The molecule has 1 fully saturated rings. The van der Waals surface area contributed by atoms with Gasteiger partial charge in [0, 0.05) is 38.9 Å². The zero-order valence-corrected chi connectivity index (χ0v) is 16.8. The normalized spacial score (nSPS) is 19.5. The van der Waals surface area contributed by atoms with Crippen molar-refractivity contribution in [3.63, 3.8) is 0 Å². The lowest BCUT2D eigenvalue weighted by molar-refractivity contribution is -0.121. The summed E-state index contributed by atoms with van der Waals surface area (Å²) in [7, 11) is 1.63. The molecule has 0 spiro atoms. The number of fused-ring (bicyclic) bond motifs is 1. The van der Waals surface area contributed by atoms with Crippen molar-refractivity contribution in [1.82, 2.24) is 4.90 Å². The second kappa shape index (κ2) is 9.42. The minimum atomic E-state index is 0.00859. The number of benzene rings is 1. The summed E-state index contributed by atoms with van der Waals surface area (Å²) in [4.78, 5) is 16.8. The molecular formula is C21H32N2O4. The van der Waals surface area contributed by atoms with Crippen molar-refractivity contribution in [1.29, 1.82) is 0 Å². The molecule has 27 heavy (non-hydrogen) atoms. The second-order valence-corrected chi connectivity index (χ2v) is 7.60. The number of rotatable bonds is 8. The third-order valence-electron chi connectivity index (χ3n) is 5.27. The van der Waals surface area contributed by atoms with Gasteiger partial charge in [0.25, 0.3) is 5.91 Å². The van der Waals surface area contributed by atoms with Crippen LogP contribution in [0.2, 0.25) is 0 Å². The minimum Gasteiger partial charge on any atom is -0.497 e. The molecular weight excluding hydrogens is 344 g/mol. The van der Waals surface area contributed by atoms with Crippen LogP contribution in [-0.2, 0) is 9.53 Å². The molecule has 2 heterocycles. The lowest BCUT2D eigenvalue weighted by Crippen LogP contribution is -2.45. The second-order valence-electron chi connectivity index (χ2n) is 7.60. The Morgan fingerprint density at radius 3 is 2.74 bits per heavy atom. The molecule has 0 aliphatic carbocycles. The number of nitrogens with zero attached hydrogens (tertiary/aromatic N) is 2. The zero-order chi connectivity index (χ0) is 19.2. The highest BCUT2D eigenvalue weighted by Gasteiger charge is 2.28. The zero-order valence-electron chi connectivity index (χ0n) is 16.8. The fourth-order valence-corrected chi connectivity index (χ4v) is 3.86. The van der Waals surface area contributed by atoms with Crippen LogP contribution in [0.1, 0.15) is 33.1 Å². The van der Waals surface area contributed by atoms with Crippen LogP contribution in [0.5, 0.6) is 11.5 Å². The summed E-state index contributed by atoms with van der Waals surface area (Å²) in [5, 5.41) is 0. The van der Waals surface area contributed by atoms with Gasteiger partial charge in [0.2, 0.25) is 0 Å². The molecule has 0 aromatic heterocycles. The Morgan fingerprint density at radius 1 is 1.26 bits per heavy atom. The third kappa shape index (κ3) is 5.14. The van der Waals surface area contributed by atoms with E-state index in [9.17, 15) is 4.79 Å². The van der Waals surface area contributed by atoms with E-state index >= 15 is 0 Å². The molecule has 0 N–H and O–H groups in total. The summed E-state index contributed by atoms with van der Waals surface area (Å²) in [5.74, 6) is 1.86. The molecule has 1 amide bonds. The molecule has 0 radical (unpaired) electrons. The third-order valence-corrected chi connectivity index (χ3v) is 5.27. The monoisotopic (exact) mass is 376 g/mol. The smallest absolute Gasteiger partial charge is 0.265 e. The maximum Gasteiger partial charge on any atom is 0.265 e. The van der Waals surface area contributed by atoms with Crippen molar-refractivity contribution < 1.29 is 19.0 Å². The number of hydrogen-bond donors (Lipinski definition) is 0. The Labute approximate surface area is 162 Å². The van der Waals surface area contributed by atoms with Gasteiger partial charge in [-0.25, -0.2) is 0 Å². The van der Waals surface area contributed by atoms with Crippen LogP contribution in [0.3, 0.4) is 0 Å². The van der Waals surface area contributed by atoms with Crippen molar-refractivity contribution in [2.24, 2.45) is 5.92 Å². The average Bonchev–Trinajstić information content (AvgIpc) is 2.69. The van der Waals surface area contributed by atoms with E-state index in [0.717, 1.165) is 62.7 Å². The number of methoxy groups -OCH3 is 1. The van der Waals surface area contributed by atoms with Gasteiger partial charge >= 0.3 is 0 Å². The predicted octanol–water partition coefficient (Wildman–Crippen LogP) is 2.95. The highest BCUT2D eigenvalue weighted by atomic mass is 16.5. The summed E-state index contributed by atoms with van der Waals surface area (Å²) >= 11 is 0. The number of anilines is 1. The van der Waals surface area contributed by atoms with Crippen molar-refractivity contribution in [2.45, 2.75) is 39.2 Å². The molecule has 1 atom stereocenters. The Morgan fingerprint density at radius 2 is 2.04 bits per heavy atom. The number of carbonyl (C=O) groups excluding carboxylic acids is 1. The van der Waals surface area contributed by atoms with E-state index < -0.39 is 0 Å². The number of hydrogen-bond acceptors (Lipinski definition) is 5. The van der Waals surface area contributed by atoms with Crippen LogP contribution in [-0.4, -0.2) is 63.4 Å². The number of carbonyl (C=O) groups is 1. The van der Waals surface area contributed by atoms with Crippen molar-refractivity contribution in [3.05, 3.63) is 18.2 Å². The number of ether oxygens (including phenoxy) is 3. The van der Waals surface area contributed by atoms with E-state index in [0.29, 0.717) is 18.6 Å². The molecule has 1 aromatic rings. The first-order valence-corrected chi connectivity index (χ1v) is 10.1. The number of likely N-dealkylation sites (tertiary alicyclic amines) is 1. The lowest BCUT2D eigenvalue weighted by atomic mass is 10.0. The van der Waals surface area contributed by atoms with E-state index in [1.54, 1.807) is 7.11 Å². The molecule has 3 rings (SSSR count). The maximum atomic E-state index is 12.5. The van der Waals surface area contributed by atoms with Gasteiger partial charge in [0.15, 0.2) is 6.61 Å². The average molecular weight is 376 g/mol. The van der Waals surface area contributed by atoms with Gasteiger partial charge in [-0.3, -0.25) is 4.79 Å². The summed E-state index contributed by atoms with van der Waals surface area (Å²) < 4.78 is 16.8. The quantitative estimate of drug-likeness (QED) is 0.698. The molecule has 0 saturated carbocycles. The molecule has 6 nitrogen and oxygen atoms in total. The van der Waals surface area contributed by atoms with Gasteiger partial charge in [-0.2, -0.15) is 0 Å². The Kier molecular flexibility index (Phi) is 6.96. The van der Waals surface area contributed by atoms with Gasteiger partial charge in [-0.05, 0) is 37.3 Å². The fraction of sp³-hybridized carbons (Fsp3) is 0.667. The van der Waals surface area contributed by atoms with Crippen LogP contribution in [0.15, 0.2) is 18.2 Å². The maximum absolute atomic E-state index is 12.5. The number of piperidine rings is 1. The molecule has 2 aliphatic heterocycles. The SMILES string of the molecule is CCCOC1CCN(C[C@@H](C)CN2C(=O)COc3ccc(OC)cc32)CC1. The van der Waals surface area contributed by atoms with Crippen molar-refractivity contribution >= 4 is 11.6 Å². The van der Waals surface area contributed by atoms with E-state index in [4.69, 9.17) is 14.2 Å². The van der Waals surface area contributed by atoms with Crippen LogP contribution in [0, 0.1) is 5.92 Å². The first kappa shape index (κ1) is 20.0. The highest BCUT2D eigenvalue weighted by molar-refractivity contribution is 5.98. The summed E-state index contributed by atoms with van der Waals surface area (Å²) in [6.45, 7) is 9.15.